The van der Waals surface area contributed by atoms with E-state index >= 15 is 0 Å². The van der Waals surface area contributed by atoms with E-state index in [1.165, 1.54) is 0 Å². The number of esters is 1. The summed E-state index contributed by atoms with van der Waals surface area (Å²) >= 11 is 0. The highest BCUT2D eigenvalue weighted by Gasteiger charge is 2.73. The minimum atomic E-state index is -1.37. The van der Waals surface area contributed by atoms with Gasteiger partial charge in [0.25, 0.3) is 0 Å². The molecule has 2 saturated heterocycles. The number of rotatable bonds is 6. The molecule has 10 nitrogen and oxygen atoms in total. The van der Waals surface area contributed by atoms with Gasteiger partial charge in [0, 0.05) is 26.1 Å². The van der Waals surface area contributed by atoms with Crippen LogP contribution in [0.4, 0.5) is 0 Å². The molecule has 5 bridgehead atoms. The molecular weight excluding hydrogens is 634 g/mol. The van der Waals surface area contributed by atoms with Gasteiger partial charge in [0.2, 0.25) is 17.7 Å². The minimum absolute atomic E-state index is 0.131. The molecule has 1 N–H and O–H groups in total. The normalized spacial score (nSPS) is 30.2. The van der Waals surface area contributed by atoms with Crippen molar-refractivity contribution in [1.82, 2.24) is 15.1 Å². The zero-order valence-corrected chi connectivity index (χ0v) is 28.1. The number of fused-ring (bicyclic) bond motifs is 2. The third-order valence-electron chi connectivity index (χ3n) is 10.2. The predicted molar refractivity (Wildman–Crippen MR) is 184 cm³/mol. The van der Waals surface area contributed by atoms with Crippen molar-refractivity contribution in [1.29, 1.82) is 0 Å². The van der Waals surface area contributed by atoms with Crippen LogP contribution in [0.3, 0.4) is 0 Å². The van der Waals surface area contributed by atoms with Crippen molar-refractivity contribution in [2.45, 2.75) is 62.7 Å². The number of nitrogens with one attached hydrogen (secondary N) is 1. The Morgan fingerprint density at radius 3 is 2.28 bits per heavy atom. The van der Waals surface area contributed by atoms with Crippen LogP contribution >= 0.6 is 0 Å². The van der Waals surface area contributed by atoms with Crippen molar-refractivity contribution in [3.05, 3.63) is 126 Å². The van der Waals surface area contributed by atoms with Crippen molar-refractivity contribution in [2.24, 2.45) is 11.8 Å². The van der Waals surface area contributed by atoms with Gasteiger partial charge in [0.05, 0.1) is 25.2 Å². The van der Waals surface area contributed by atoms with Crippen LogP contribution in [0, 0.1) is 11.8 Å². The molecule has 4 heterocycles. The Bertz CT molecular complexity index is 1790. The van der Waals surface area contributed by atoms with Crippen LogP contribution in [0.25, 0.3) is 0 Å². The van der Waals surface area contributed by atoms with Crippen molar-refractivity contribution in [2.75, 3.05) is 13.7 Å². The molecule has 0 aromatic heterocycles. The number of carbonyl (C=O) groups excluding carboxylic acids is 4. The maximum Gasteiger partial charge on any atom is 0.313 e. The fourth-order valence-electron chi connectivity index (χ4n) is 7.77. The van der Waals surface area contributed by atoms with E-state index in [0.29, 0.717) is 24.3 Å². The molecule has 1 spiro atoms. The quantitative estimate of drug-likeness (QED) is 0.302. The Hall–Kier alpha value is -5.22. The van der Waals surface area contributed by atoms with Gasteiger partial charge in [-0.25, -0.2) is 0 Å². The topological polar surface area (TPSA) is 114 Å². The summed E-state index contributed by atoms with van der Waals surface area (Å²) in [7, 11) is 1.59. The highest BCUT2D eigenvalue weighted by Crippen LogP contribution is 2.56. The first kappa shape index (κ1) is 33.3. The Labute approximate surface area is 291 Å². The maximum absolute atomic E-state index is 15.0. The number of ether oxygens (including phenoxy) is 3. The SMILES string of the molecule is COc1ccc(CN2C(=O)[C@@H]3[C@H]4C(=O)O[C@@H](c5ccccc5)[C@@H](C)NC(=O)CC/C=C/CN(Cc5ccccc5)C(=O)[C@@H]2[C@]32C=C[C@H]4O2)cc1. The second kappa shape index (κ2) is 14.0. The molecular formula is C40H41N3O7. The zero-order chi connectivity index (χ0) is 34.8. The smallest absolute Gasteiger partial charge is 0.313 e. The molecule has 0 saturated carbocycles. The van der Waals surface area contributed by atoms with Crippen molar-refractivity contribution in [3.63, 3.8) is 0 Å². The van der Waals surface area contributed by atoms with Gasteiger partial charge in [-0.3, -0.25) is 19.2 Å². The number of methoxy groups -OCH3 is 1. The Morgan fingerprint density at radius 1 is 0.860 bits per heavy atom. The molecule has 0 aliphatic carbocycles. The van der Waals surface area contributed by atoms with E-state index in [-0.39, 0.29) is 37.2 Å². The summed E-state index contributed by atoms with van der Waals surface area (Å²) in [5, 5.41) is 3.01. The van der Waals surface area contributed by atoms with Crippen LogP contribution in [0.5, 0.6) is 5.75 Å². The maximum atomic E-state index is 15.0. The van der Waals surface area contributed by atoms with Gasteiger partial charge < -0.3 is 29.3 Å². The number of carbonyl (C=O) groups is 4. The molecule has 7 rings (SSSR count). The highest BCUT2D eigenvalue weighted by atomic mass is 16.6. The summed E-state index contributed by atoms with van der Waals surface area (Å²) in [4.78, 5) is 60.3. The van der Waals surface area contributed by atoms with Crippen LogP contribution in [0.15, 0.2) is 109 Å². The van der Waals surface area contributed by atoms with Crippen LogP contribution in [0.2, 0.25) is 0 Å². The molecule has 2 fully saturated rings. The van der Waals surface area contributed by atoms with Gasteiger partial charge in [0.15, 0.2) is 0 Å². The number of amides is 3. The lowest BCUT2D eigenvalue weighted by Gasteiger charge is -2.36. The fraction of sp³-hybridized carbons (Fsp3) is 0.350. The Kier molecular flexibility index (Phi) is 9.29. The number of benzene rings is 3. The molecule has 4 aliphatic rings. The molecule has 7 atom stereocenters. The number of cyclic esters (lactones) is 1. The van der Waals surface area contributed by atoms with E-state index in [9.17, 15) is 19.2 Å². The first-order valence-electron chi connectivity index (χ1n) is 17.1. The second-order valence-electron chi connectivity index (χ2n) is 13.4. The summed E-state index contributed by atoms with van der Waals surface area (Å²) in [5.41, 5.74) is 1.07. The number of hydrogen-bond donors (Lipinski definition) is 1. The summed E-state index contributed by atoms with van der Waals surface area (Å²) in [6.45, 7) is 2.48. The number of hydrogen-bond acceptors (Lipinski definition) is 7. The second-order valence-corrected chi connectivity index (χ2v) is 13.4. The van der Waals surface area contributed by atoms with Gasteiger partial charge in [-0.15, -0.1) is 0 Å². The monoisotopic (exact) mass is 675 g/mol. The molecule has 3 amide bonds. The molecule has 3 aromatic rings. The lowest BCUT2D eigenvalue weighted by atomic mass is 9.74. The largest absolute Gasteiger partial charge is 0.497 e. The van der Waals surface area contributed by atoms with E-state index < -0.39 is 47.7 Å². The van der Waals surface area contributed by atoms with Gasteiger partial charge in [-0.2, -0.15) is 0 Å². The van der Waals surface area contributed by atoms with Crippen molar-refractivity contribution < 1.29 is 33.4 Å². The molecule has 3 aromatic carbocycles. The average Bonchev–Trinajstić information content (AvgIpc) is 3.77. The number of allylic oxidation sites excluding steroid dienone is 1. The summed E-state index contributed by atoms with van der Waals surface area (Å²) in [6.07, 6.45) is 6.49. The third kappa shape index (κ3) is 6.20. The molecule has 50 heavy (non-hydrogen) atoms. The fourth-order valence-corrected chi connectivity index (χ4v) is 7.77. The van der Waals surface area contributed by atoms with Crippen LogP contribution in [-0.2, 0) is 41.7 Å². The molecule has 4 aliphatic heterocycles. The van der Waals surface area contributed by atoms with Crippen LogP contribution in [0.1, 0.15) is 42.6 Å². The molecule has 0 radical (unpaired) electrons. The molecule has 258 valence electrons. The van der Waals surface area contributed by atoms with Crippen LogP contribution < -0.4 is 10.1 Å². The predicted octanol–water partition coefficient (Wildman–Crippen LogP) is 4.51. The summed E-state index contributed by atoms with van der Waals surface area (Å²) < 4.78 is 18.2. The first-order chi connectivity index (χ1) is 24.3. The van der Waals surface area contributed by atoms with E-state index in [1.54, 1.807) is 29.9 Å². The third-order valence-corrected chi connectivity index (χ3v) is 10.2. The summed E-state index contributed by atoms with van der Waals surface area (Å²) in [6, 6.07) is 24.7. The van der Waals surface area contributed by atoms with E-state index in [2.05, 4.69) is 5.32 Å². The van der Waals surface area contributed by atoms with Crippen LogP contribution in [-0.4, -0.2) is 70.9 Å². The van der Waals surface area contributed by atoms with E-state index in [0.717, 1.165) is 11.1 Å². The van der Waals surface area contributed by atoms with Gasteiger partial charge >= 0.3 is 5.97 Å². The van der Waals surface area contributed by atoms with Crippen molar-refractivity contribution in [3.8, 4) is 5.75 Å². The first-order valence-corrected chi connectivity index (χ1v) is 17.1. The van der Waals surface area contributed by atoms with Gasteiger partial charge in [-0.05, 0) is 42.2 Å². The zero-order valence-electron chi connectivity index (χ0n) is 28.1. The standard InChI is InChI=1S/C40H41N3O7/c1-26-35(29-14-8-4-9-15-29)49-39(47)33-31-21-22-40(50-31)34(33)37(45)43(25-28-17-19-30(48-2)20-18-28)36(40)38(46)42(24-27-12-6-3-7-13-27)23-11-5-10-16-32(44)41-26/h3-9,11-15,17-22,26,31,33-36H,10,16,23-25H2,1-2H3,(H,41,44)/b11-5+/t26-,31-,33+,34+,35-,36-,40+/m1/s1. The number of nitrogens with zero attached hydrogens (tertiary/aromatic N) is 2. The van der Waals surface area contributed by atoms with Gasteiger partial charge in [0.1, 0.15) is 29.4 Å². The Balaban J connectivity index is 1.31. The molecule has 0 unspecified atom stereocenters. The van der Waals surface area contributed by atoms with Crippen molar-refractivity contribution >= 4 is 23.7 Å². The molecule has 10 heteroatoms. The minimum Gasteiger partial charge on any atom is -0.497 e. The Morgan fingerprint density at radius 2 is 1.56 bits per heavy atom. The van der Waals surface area contributed by atoms with E-state index in [4.69, 9.17) is 14.2 Å². The van der Waals surface area contributed by atoms with Gasteiger partial charge in [-0.1, -0.05) is 97.1 Å². The lowest BCUT2D eigenvalue weighted by molar-refractivity contribution is -0.161. The lowest BCUT2D eigenvalue weighted by Crippen LogP contribution is -2.55. The number of likely N-dealkylation sites (tertiary alicyclic amines) is 1. The van der Waals surface area contributed by atoms with E-state index in [1.807, 2.05) is 103 Å². The highest BCUT2D eigenvalue weighted by molar-refractivity contribution is 5.99. The summed E-state index contributed by atoms with van der Waals surface area (Å²) in [5.74, 6) is -2.74. The average molecular weight is 676 g/mol.